The van der Waals surface area contributed by atoms with E-state index >= 15 is 0 Å². The van der Waals surface area contributed by atoms with Gasteiger partial charge in [-0.05, 0) is 40.9 Å². The number of para-hydroxylation sites is 1. The first kappa shape index (κ1) is 15.0. The van der Waals surface area contributed by atoms with Gasteiger partial charge in [0.1, 0.15) is 5.75 Å². The first-order chi connectivity index (χ1) is 8.50. The molecule has 0 amide bonds. The molecule has 3 nitrogen and oxygen atoms in total. The largest absolute Gasteiger partial charge is 0.491 e. The summed E-state index contributed by atoms with van der Waals surface area (Å²) in [5.41, 5.74) is 1.22. The van der Waals surface area contributed by atoms with Crippen LogP contribution >= 0.6 is 0 Å². The molecule has 1 rings (SSSR count). The highest BCUT2D eigenvalue weighted by molar-refractivity contribution is 5.33. The summed E-state index contributed by atoms with van der Waals surface area (Å²) in [6.45, 7) is 8.14. The van der Waals surface area contributed by atoms with E-state index < -0.39 is 0 Å². The van der Waals surface area contributed by atoms with Gasteiger partial charge in [-0.3, -0.25) is 0 Å². The van der Waals surface area contributed by atoms with Crippen LogP contribution in [0.15, 0.2) is 24.3 Å². The number of nitrogens with one attached hydrogen (secondary N) is 1. The molecule has 0 bridgehead atoms. The Morgan fingerprint density at radius 1 is 1.17 bits per heavy atom. The molecule has 1 unspecified atom stereocenters. The zero-order valence-corrected chi connectivity index (χ0v) is 12.2. The number of ether oxygens (including phenoxy) is 1. The second-order valence-electron chi connectivity index (χ2n) is 5.22. The standard InChI is InChI=1S/C15H26N2O/c1-12(2)18-15-9-7-6-8-14(15)11-16-10-13(3)17(4)5/h6-9,12-13,16H,10-11H2,1-5H3. The molecule has 0 fully saturated rings. The number of likely N-dealkylation sites (N-methyl/N-ethyl adjacent to an activating group) is 1. The Morgan fingerprint density at radius 3 is 2.44 bits per heavy atom. The Kier molecular flexibility index (Phi) is 6.16. The van der Waals surface area contributed by atoms with Gasteiger partial charge in [0, 0.05) is 24.7 Å². The lowest BCUT2D eigenvalue weighted by Crippen LogP contribution is -2.35. The average Bonchev–Trinajstić information content (AvgIpc) is 2.30. The van der Waals surface area contributed by atoms with Gasteiger partial charge in [-0.25, -0.2) is 0 Å². The molecule has 0 heterocycles. The molecule has 1 N–H and O–H groups in total. The summed E-state index contributed by atoms with van der Waals surface area (Å²) < 4.78 is 5.80. The number of rotatable bonds is 7. The number of hydrogen-bond donors (Lipinski definition) is 1. The summed E-state index contributed by atoms with van der Waals surface area (Å²) in [4.78, 5) is 2.21. The molecule has 0 saturated carbocycles. The molecule has 0 aliphatic carbocycles. The van der Waals surface area contributed by atoms with Crippen LogP contribution in [0.25, 0.3) is 0 Å². The van der Waals surface area contributed by atoms with Crippen molar-refractivity contribution in [2.24, 2.45) is 0 Å². The summed E-state index contributed by atoms with van der Waals surface area (Å²) in [5, 5.41) is 3.47. The minimum atomic E-state index is 0.215. The predicted octanol–water partition coefficient (Wildman–Crippen LogP) is 2.51. The number of hydrogen-bond acceptors (Lipinski definition) is 3. The van der Waals surface area contributed by atoms with E-state index in [2.05, 4.69) is 57.2 Å². The Bertz CT molecular complexity index is 350. The summed E-state index contributed by atoms with van der Waals surface area (Å²) in [6.07, 6.45) is 0.215. The van der Waals surface area contributed by atoms with Crippen molar-refractivity contribution in [2.45, 2.75) is 39.5 Å². The Labute approximate surface area is 111 Å². The van der Waals surface area contributed by atoms with Gasteiger partial charge in [0.25, 0.3) is 0 Å². The van der Waals surface area contributed by atoms with Gasteiger partial charge in [-0.1, -0.05) is 18.2 Å². The van der Waals surface area contributed by atoms with Crippen molar-refractivity contribution in [2.75, 3.05) is 20.6 Å². The second kappa shape index (κ2) is 7.39. The molecule has 3 heteroatoms. The highest BCUT2D eigenvalue weighted by atomic mass is 16.5. The zero-order chi connectivity index (χ0) is 13.5. The Morgan fingerprint density at radius 2 is 1.83 bits per heavy atom. The zero-order valence-electron chi connectivity index (χ0n) is 12.2. The van der Waals surface area contributed by atoms with Crippen molar-refractivity contribution in [1.29, 1.82) is 0 Å². The molecule has 1 atom stereocenters. The molecule has 1 aromatic carbocycles. The van der Waals surface area contributed by atoms with Crippen LogP contribution in [-0.2, 0) is 6.54 Å². The van der Waals surface area contributed by atoms with Gasteiger partial charge in [0.05, 0.1) is 6.10 Å². The van der Waals surface area contributed by atoms with Gasteiger partial charge in [-0.15, -0.1) is 0 Å². The van der Waals surface area contributed by atoms with Gasteiger partial charge in [0.2, 0.25) is 0 Å². The minimum absolute atomic E-state index is 0.215. The van der Waals surface area contributed by atoms with E-state index in [1.807, 2.05) is 12.1 Å². The lowest BCUT2D eigenvalue weighted by Gasteiger charge is -2.20. The first-order valence-electron chi connectivity index (χ1n) is 6.62. The van der Waals surface area contributed by atoms with E-state index in [-0.39, 0.29) is 6.10 Å². The highest BCUT2D eigenvalue weighted by Crippen LogP contribution is 2.19. The summed E-state index contributed by atoms with van der Waals surface area (Å²) in [7, 11) is 4.20. The lowest BCUT2D eigenvalue weighted by molar-refractivity contribution is 0.239. The summed E-state index contributed by atoms with van der Waals surface area (Å²) >= 11 is 0. The average molecular weight is 250 g/mol. The third-order valence-corrected chi connectivity index (χ3v) is 2.97. The molecular formula is C15H26N2O. The second-order valence-corrected chi connectivity index (χ2v) is 5.22. The third-order valence-electron chi connectivity index (χ3n) is 2.97. The normalized spacial score (nSPS) is 13.1. The van der Waals surface area contributed by atoms with Crippen molar-refractivity contribution in [3.05, 3.63) is 29.8 Å². The molecule has 1 aromatic rings. The van der Waals surface area contributed by atoms with E-state index in [1.54, 1.807) is 0 Å². The van der Waals surface area contributed by atoms with Crippen molar-refractivity contribution in [1.82, 2.24) is 10.2 Å². The molecule has 0 aromatic heterocycles. The maximum Gasteiger partial charge on any atom is 0.124 e. The predicted molar refractivity (Wildman–Crippen MR) is 77.1 cm³/mol. The van der Waals surface area contributed by atoms with E-state index in [1.165, 1.54) is 5.56 Å². The van der Waals surface area contributed by atoms with Crippen LogP contribution in [-0.4, -0.2) is 37.7 Å². The number of nitrogens with zero attached hydrogens (tertiary/aromatic N) is 1. The fourth-order valence-corrected chi connectivity index (χ4v) is 1.62. The van der Waals surface area contributed by atoms with Crippen LogP contribution in [0.2, 0.25) is 0 Å². The van der Waals surface area contributed by atoms with Crippen molar-refractivity contribution < 1.29 is 4.74 Å². The molecule has 0 saturated heterocycles. The molecule has 0 spiro atoms. The first-order valence-corrected chi connectivity index (χ1v) is 6.62. The van der Waals surface area contributed by atoms with E-state index in [0.29, 0.717) is 6.04 Å². The van der Waals surface area contributed by atoms with E-state index in [4.69, 9.17) is 4.74 Å². The van der Waals surface area contributed by atoms with E-state index in [9.17, 15) is 0 Å². The van der Waals surface area contributed by atoms with Gasteiger partial charge in [0.15, 0.2) is 0 Å². The van der Waals surface area contributed by atoms with Crippen LogP contribution in [0.5, 0.6) is 5.75 Å². The molecule has 0 radical (unpaired) electrons. The highest BCUT2D eigenvalue weighted by Gasteiger charge is 2.06. The number of benzene rings is 1. The Balaban J connectivity index is 2.51. The monoisotopic (exact) mass is 250 g/mol. The maximum absolute atomic E-state index is 5.80. The van der Waals surface area contributed by atoms with Crippen molar-refractivity contribution in [3.8, 4) is 5.75 Å². The maximum atomic E-state index is 5.80. The van der Waals surface area contributed by atoms with E-state index in [0.717, 1.165) is 18.8 Å². The van der Waals surface area contributed by atoms with Crippen molar-refractivity contribution >= 4 is 0 Å². The summed E-state index contributed by atoms with van der Waals surface area (Å²) in [5.74, 6) is 0.984. The van der Waals surface area contributed by atoms with Crippen LogP contribution in [0.4, 0.5) is 0 Å². The molecule has 18 heavy (non-hydrogen) atoms. The SMILES string of the molecule is CC(C)Oc1ccccc1CNCC(C)N(C)C. The molecule has 0 aliphatic rings. The van der Waals surface area contributed by atoms with Gasteiger partial charge in [-0.2, -0.15) is 0 Å². The Hall–Kier alpha value is -1.06. The van der Waals surface area contributed by atoms with Crippen LogP contribution in [0, 0.1) is 0 Å². The minimum Gasteiger partial charge on any atom is -0.491 e. The lowest BCUT2D eigenvalue weighted by atomic mass is 10.2. The molecular weight excluding hydrogens is 224 g/mol. The smallest absolute Gasteiger partial charge is 0.124 e. The quantitative estimate of drug-likeness (QED) is 0.805. The molecule has 102 valence electrons. The summed E-state index contributed by atoms with van der Waals surface area (Å²) in [6, 6.07) is 8.75. The van der Waals surface area contributed by atoms with Crippen LogP contribution in [0.3, 0.4) is 0 Å². The topological polar surface area (TPSA) is 24.5 Å². The van der Waals surface area contributed by atoms with Crippen LogP contribution < -0.4 is 10.1 Å². The van der Waals surface area contributed by atoms with Crippen LogP contribution in [0.1, 0.15) is 26.3 Å². The van der Waals surface area contributed by atoms with Gasteiger partial charge >= 0.3 is 0 Å². The fraction of sp³-hybridized carbons (Fsp3) is 0.600. The third kappa shape index (κ3) is 5.07. The molecule has 0 aliphatic heterocycles. The van der Waals surface area contributed by atoms with Crippen molar-refractivity contribution in [3.63, 3.8) is 0 Å². The van der Waals surface area contributed by atoms with Gasteiger partial charge < -0.3 is 15.0 Å². The fourth-order valence-electron chi connectivity index (χ4n) is 1.62.